The maximum absolute atomic E-state index is 12.5. The minimum absolute atomic E-state index is 0.142. The summed E-state index contributed by atoms with van der Waals surface area (Å²) in [4.78, 5) is 27.7. The lowest BCUT2D eigenvalue weighted by Crippen LogP contribution is -2.48. The summed E-state index contributed by atoms with van der Waals surface area (Å²) in [6.07, 6.45) is 5.95. The van der Waals surface area contributed by atoms with Gasteiger partial charge in [0.2, 0.25) is 0 Å². The Morgan fingerprint density at radius 1 is 1.18 bits per heavy atom. The highest BCUT2D eigenvalue weighted by Gasteiger charge is 2.40. The second-order valence-corrected chi connectivity index (χ2v) is 7.89. The van der Waals surface area contributed by atoms with E-state index in [4.69, 9.17) is 4.74 Å². The van der Waals surface area contributed by atoms with Crippen LogP contribution in [0.2, 0.25) is 0 Å². The topological polar surface area (TPSA) is 83.2 Å². The molecule has 1 aliphatic heterocycles. The number of aromatic amines is 1. The van der Waals surface area contributed by atoms with Gasteiger partial charge in [-0.25, -0.2) is 4.79 Å². The van der Waals surface area contributed by atoms with Crippen LogP contribution in [0.1, 0.15) is 49.8 Å². The van der Waals surface area contributed by atoms with Gasteiger partial charge < -0.3 is 20.4 Å². The molecule has 1 saturated carbocycles. The first kappa shape index (κ1) is 18.6. The van der Waals surface area contributed by atoms with Gasteiger partial charge in [0.05, 0.1) is 6.04 Å². The molecule has 28 heavy (non-hydrogen) atoms. The molecule has 0 radical (unpaired) electrons. The molecule has 1 aliphatic carbocycles. The van der Waals surface area contributed by atoms with Crippen molar-refractivity contribution in [1.82, 2.24) is 10.3 Å². The highest BCUT2D eigenvalue weighted by atomic mass is 16.5. The second-order valence-electron chi connectivity index (χ2n) is 7.89. The monoisotopic (exact) mass is 381 g/mol. The van der Waals surface area contributed by atoms with E-state index >= 15 is 0 Å². The molecule has 3 N–H and O–H groups in total. The van der Waals surface area contributed by atoms with E-state index in [1.54, 1.807) is 6.20 Å². The number of amides is 1. The normalized spacial score (nSPS) is 24.2. The molecule has 1 aromatic carbocycles. The number of nitrogens with one attached hydrogen (secondary N) is 3. The van der Waals surface area contributed by atoms with E-state index in [0.29, 0.717) is 11.6 Å². The van der Waals surface area contributed by atoms with Crippen molar-refractivity contribution in [3.05, 3.63) is 64.1 Å². The van der Waals surface area contributed by atoms with Crippen LogP contribution in [0.5, 0.6) is 0 Å². The third-order valence-electron chi connectivity index (χ3n) is 6.13. The quantitative estimate of drug-likeness (QED) is 0.748. The second kappa shape index (κ2) is 8.09. The number of aromatic nitrogens is 1. The Hall–Kier alpha value is -2.76. The van der Waals surface area contributed by atoms with Gasteiger partial charge in [0, 0.05) is 23.7 Å². The number of anilines is 1. The lowest BCUT2D eigenvalue weighted by molar-refractivity contribution is 0.129. The van der Waals surface area contributed by atoms with Gasteiger partial charge in [-0.05, 0) is 30.4 Å². The third kappa shape index (κ3) is 3.77. The van der Waals surface area contributed by atoms with Gasteiger partial charge >= 0.3 is 6.09 Å². The first-order chi connectivity index (χ1) is 13.6. The third-order valence-corrected chi connectivity index (χ3v) is 6.13. The highest BCUT2D eigenvalue weighted by molar-refractivity contribution is 5.69. The Morgan fingerprint density at radius 3 is 2.68 bits per heavy atom. The molecule has 1 amide bonds. The molecule has 2 aliphatic rings. The number of pyridine rings is 1. The Labute approximate surface area is 164 Å². The molecule has 0 spiro atoms. The molecule has 0 saturated heterocycles. The first-order valence-corrected chi connectivity index (χ1v) is 10.1. The average molecular weight is 381 g/mol. The molecule has 1 aromatic heterocycles. The molecule has 1 fully saturated rings. The number of benzene rings is 1. The van der Waals surface area contributed by atoms with Crippen LogP contribution in [0.3, 0.4) is 0 Å². The highest BCUT2D eigenvalue weighted by Crippen LogP contribution is 2.41. The van der Waals surface area contributed by atoms with Crippen LogP contribution in [-0.2, 0) is 11.3 Å². The van der Waals surface area contributed by atoms with Crippen molar-refractivity contribution in [1.29, 1.82) is 0 Å². The number of carbonyl (C=O) groups excluding carboxylic acids is 1. The summed E-state index contributed by atoms with van der Waals surface area (Å²) in [5.74, 6) is 0.675. The van der Waals surface area contributed by atoms with Crippen molar-refractivity contribution in [2.24, 2.45) is 11.8 Å². The fraction of sp³-hybridized carbons (Fsp3) is 0.455. The molecule has 6 nitrogen and oxygen atoms in total. The number of hydrogen-bond donors (Lipinski definition) is 3. The molecule has 2 heterocycles. The maximum atomic E-state index is 12.5. The molecule has 4 rings (SSSR count). The average Bonchev–Trinajstić information content (AvgIpc) is 3.24. The largest absolute Gasteiger partial charge is 0.445 e. The molecule has 2 aromatic rings. The fourth-order valence-electron chi connectivity index (χ4n) is 4.66. The summed E-state index contributed by atoms with van der Waals surface area (Å²) >= 11 is 0. The Kier molecular flexibility index (Phi) is 5.37. The van der Waals surface area contributed by atoms with Gasteiger partial charge in [0.25, 0.3) is 5.56 Å². The van der Waals surface area contributed by atoms with Gasteiger partial charge in [-0.3, -0.25) is 4.79 Å². The van der Waals surface area contributed by atoms with Crippen molar-refractivity contribution < 1.29 is 9.53 Å². The number of hydrogen-bond acceptors (Lipinski definition) is 4. The van der Waals surface area contributed by atoms with Crippen LogP contribution in [0.4, 0.5) is 10.5 Å². The van der Waals surface area contributed by atoms with Gasteiger partial charge in [-0.1, -0.05) is 50.1 Å². The molecule has 3 atom stereocenters. The minimum Gasteiger partial charge on any atom is -0.445 e. The van der Waals surface area contributed by atoms with E-state index in [2.05, 4.69) is 22.5 Å². The fourth-order valence-corrected chi connectivity index (χ4v) is 4.66. The Bertz CT molecular complexity index is 874. The van der Waals surface area contributed by atoms with Crippen LogP contribution in [0.15, 0.2) is 47.4 Å². The van der Waals surface area contributed by atoms with Crippen molar-refractivity contribution in [2.45, 2.75) is 51.3 Å². The summed E-state index contributed by atoms with van der Waals surface area (Å²) in [6.45, 7) is 2.36. The Balaban J connectivity index is 1.53. The summed E-state index contributed by atoms with van der Waals surface area (Å²) in [5, 5.41) is 6.50. The zero-order chi connectivity index (χ0) is 19.5. The van der Waals surface area contributed by atoms with E-state index in [1.165, 1.54) is 12.8 Å². The van der Waals surface area contributed by atoms with Gasteiger partial charge in [-0.2, -0.15) is 0 Å². The van der Waals surface area contributed by atoms with E-state index in [-0.39, 0.29) is 30.2 Å². The molecular weight excluding hydrogens is 354 g/mol. The molecule has 6 heteroatoms. The van der Waals surface area contributed by atoms with E-state index in [9.17, 15) is 9.59 Å². The minimum atomic E-state index is -0.459. The number of H-pyrrole nitrogens is 1. The number of fused-ring (bicyclic) bond motifs is 1. The molecule has 0 bridgehead atoms. The van der Waals surface area contributed by atoms with E-state index in [0.717, 1.165) is 24.0 Å². The van der Waals surface area contributed by atoms with Gasteiger partial charge in [-0.15, -0.1) is 0 Å². The van der Waals surface area contributed by atoms with Crippen LogP contribution in [-0.4, -0.2) is 17.1 Å². The lowest BCUT2D eigenvalue weighted by atomic mass is 9.78. The molecular formula is C22H27N3O3. The number of carbonyl (C=O) groups is 1. The number of ether oxygens (including phenoxy) is 1. The number of rotatable bonds is 4. The van der Waals surface area contributed by atoms with E-state index < -0.39 is 6.09 Å². The van der Waals surface area contributed by atoms with Crippen molar-refractivity contribution in [3.63, 3.8) is 0 Å². The summed E-state index contributed by atoms with van der Waals surface area (Å²) in [7, 11) is 0. The zero-order valence-electron chi connectivity index (χ0n) is 16.1. The van der Waals surface area contributed by atoms with Crippen molar-refractivity contribution in [3.8, 4) is 0 Å². The van der Waals surface area contributed by atoms with Gasteiger partial charge in [0.15, 0.2) is 0 Å². The van der Waals surface area contributed by atoms with Crippen LogP contribution in [0.25, 0.3) is 0 Å². The van der Waals surface area contributed by atoms with Gasteiger partial charge in [0.1, 0.15) is 12.3 Å². The smallest absolute Gasteiger partial charge is 0.407 e. The van der Waals surface area contributed by atoms with Crippen molar-refractivity contribution >= 4 is 11.8 Å². The predicted octanol–water partition coefficient (Wildman–Crippen LogP) is 3.96. The Morgan fingerprint density at radius 2 is 1.93 bits per heavy atom. The summed E-state index contributed by atoms with van der Waals surface area (Å²) in [5.41, 5.74) is 2.20. The SMILES string of the molecule is C[C@@H]1[C@@H](NC(=O)OCc2ccccc2)c2cc[nH]c(=O)c2N[C@H]1C1CCCC1. The summed E-state index contributed by atoms with van der Waals surface area (Å²) < 4.78 is 5.43. The molecule has 148 valence electrons. The van der Waals surface area contributed by atoms with Crippen molar-refractivity contribution in [2.75, 3.05) is 5.32 Å². The van der Waals surface area contributed by atoms with Crippen LogP contribution < -0.4 is 16.2 Å². The summed E-state index contributed by atoms with van der Waals surface area (Å²) in [6, 6.07) is 11.4. The van der Waals surface area contributed by atoms with Crippen LogP contribution >= 0.6 is 0 Å². The van der Waals surface area contributed by atoms with E-state index in [1.807, 2.05) is 36.4 Å². The molecule has 0 unspecified atom stereocenters. The maximum Gasteiger partial charge on any atom is 0.407 e. The first-order valence-electron chi connectivity index (χ1n) is 10.1. The lowest BCUT2D eigenvalue weighted by Gasteiger charge is -2.41. The standard InChI is InChI=1S/C22H27N3O3/c1-14-18(16-9-5-6-10-16)24-20-17(11-12-23-21(20)26)19(14)25-22(27)28-13-15-7-3-2-4-8-15/h2-4,7-8,11-12,14,16,18-19,24H,5-6,9-10,13H2,1H3,(H,23,26)(H,25,27)/t14-,18+,19+/m0/s1. The van der Waals surface area contributed by atoms with Crippen LogP contribution in [0, 0.1) is 11.8 Å². The predicted molar refractivity (Wildman–Crippen MR) is 108 cm³/mol. The zero-order valence-corrected chi connectivity index (χ0v) is 16.1. The number of alkyl carbamates (subject to hydrolysis) is 1.